The van der Waals surface area contributed by atoms with E-state index < -0.39 is 5.91 Å². The smallest absolute Gasteiger partial charge is 0.252 e. The number of carbonyl (C=O) groups is 1. The Balaban J connectivity index is 2.54. The van der Waals surface area contributed by atoms with Crippen LogP contribution in [0.4, 0.5) is 0 Å². The quantitative estimate of drug-likeness (QED) is 0.812. The van der Waals surface area contributed by atoms with Crippen LogP contribution in [-0.4, -0.2) is 29.2 Å². The number of pyridine rings is 1. The van der Waals surface area contributed by atoms with Gasteiger partial charge in [-0.3, -0.25) is 9.78 Å². The molecule has 0 fully saturated rings. The first-order chi connectivity index (χ1) is 8.22. The molecule has 5 nitrogen and oxygen atoms in total. The maximum atomic E-state index is 11.3. The van der Waals surface area contributed by atoms with E-state index in [0.717, 1.165) is 5.39 Å². The van der Waals surface area contributed by atoms with Crippen molar-refractivity contribution in [2.45, 2.75) is 0 Å². The molecule has 0 saturated carbocycles. The molecule has 1 amide bonds. The largest absolute Gasteiger partial charge is 0.490 e. The normalized spacial score (nSPS) is 10.4. The van der Waals surface area contributed by atoms with Gasteiger partial charge in [-0.15, -0.1) is 0 Å². The fourth-order valence-electron chi connectivity index (χ4n) is 1.57. The second-order valence-corrected chi connectivity index (χ2v) is 3.48. The molecule has 88 valence electrons. The lowest BCUT2D eigenvalue weighted by Gasteiger charge is -2.09. The number of benzene rings is 1. The minimum Gasteiger partial charge on any atom is -0.490 e. The summed E-state index contributed by atoms with van der Waals surface area (Å²) in [6, 6.07) is 6.90. The van der Waals surface area contributed by atoms with Crippen LogP contribution >= 0.6 is 0 Å². The van der Waals surface area contributed by atoms with Crippen LogP contribution in [0.25, 0.3) is 10.9 Å². The molecule has 1 aromatic heterocycles. The van der Waals surface area contributed by atoms with Crippen molar-refractivity contribution < 1.29 is 14.6 Å². The number of aromatic nitrogens is 1. The van der Waals surface area contributed by atoms with Gasteiger partial charge in [0.1, 0.15) is 12.4 Å². The Morgan fingerprint density at radius 1 is 1.47 bits per heavy atom. The lowest BCUT2D eigenvalue weighted by Crippen LogP contribution is -2.14. The van der Waals surface area contributed by atoms with Crippen molar-refractivity contribution in [3.05, 3.63) is 36.0 Å². The first-order valence-corrected chi connectivity index (χ1v) is 5.14. The van der Waals surface area contributed by atoms with E-state index in [-0.39, 0.29) is 13.2 Å². The number of aliphatic hydroxyl groups is 1. The van der Waals surface area contributed by atoms with Crippen LogP contribution in [0.1, 0.15) is 10.4 Å². The first kappa shape index (κ1) is 11.3. The van der Waals surface area contributed by atoms with Crippen LogP contribution in [0.5, 0.6) is 5.75 Å². The molecule has 0 aliphatic rings. The van der Waals surface area contributed by atoms with Gasteiger partial charge in [-0.25, -0.2) is 0 Å². The minimum atomic E-state index is -0.566. The fraction of sp³-hybridized carbons (Fsp3) is 0.167. The second-order valence-electron chi connectivity index (χ2n) is 3.48. The summed E-state index contributed by atoms with van der Waals surface area (Å²) in [7, 11) is 0. The molecule has 0 radical (unpaired) electrons. The van der Waals surface area contributed by atoms with Gasteiger partial charge in [0, 0.05) is 17.6 Å². The number of ether oxygens (including phenoxy) is 1. The molecule has 1 aromatic carbocycles. The highest BCUT2D eigenvalue weighted by molar-refractivity contribution is 6.00. The molecule has 3 N–H and O–H groups in total. The monoisotopic (exact) mass is 232 g/mol. The van der Waals surface area contributed by atoms with Gasteiger partial charge in [0.25, 0.3) is 5.91 Å². The zero-order valence-corrected chi connectivity index (χ0v) is 9.09. The number of hydrogen-bond donors (Lipinski definition) is 2. The Bertz CT molecular complexity index is 554. The Labute approximate surface area is 97.8 Å². The van der Waals surface area contributed by atoms with Crippen LogP contribution in [-0.2, 0) is 0 Å². The molecule has 0 aliphatic carbocycles. The standard InChI is InChI=1S/C12H12N2O3/c13-12(16)9-6-8-2-1-3-14-10(8)7-11(9)17-5-4-15/h1-3,6-7,15H,4-5H2,(H2,13,16). The number of nitrogens with two attached hydrogens (primary N) is 1. The molecule has 2 aromatic rings. The number of primary amides is 1. The van der Waals surface area contributed by atoms with E-state index in [1.807, 2.05) is 6.07 Å². The number of amides is 1. The maximum absolute atomic E-state index is 11.3. The fourth-order valence-corrected chi connectivity index (χ4v) is 1.57. The Morgan fingerprint density at radius 3 is 3.00 bits per heavy atom. The lowest BCUT2D eigenvalue weighted by molar-refractivity contribution is 0.0995. The summed E-state index contributed by atoms with van der Waals surface area (Å²) in [5.74, 6) is -0.221. The topological polar surface area (TPSA) is 85.4 Å². The van der Waals surface area contributed by atoms with Gasteiger partial charge in [0.05, 0.1) is 17.7 Å². The molecule has 0 saturated heterocycles. The summed E-state index contributed by atoms with van der Waals surface area (Å²) < 4.78 is 5.26. The van der Waals surface area contributed by atoms with Crippen molar-refractivity contribution in [1.29, 1.82) is 0 Å². The van der Waals surface area contributed by atoms with E-state index in [2.05, 4.69) is 4.98 Å². The third kappa shape index (κ3) is 2.34. The number of hydrogen-bond acceptors (Lipinski definition) is 4. The van der Waals surface area contributed by atoms with Crippen LogP contribution < -0.4 is 10.5 Å². The zero-order valence-electron chi connectivity index (χ0n) is 9.09. The number of fused-ring (bicyclic) bond motifs is 1. The van der Waals surface area contributed by atoms with Crippen molar-refractivity contribution in [3.63, 3.8) is 0 Å². The highest BCUT2D eigenvalue weighted by Crippen LogP contribution is 2.24. The van der Waals surface area contributed by atoms with Crippen LogP contribution in [0.2, 0.25) is 0 Å². The van der Waals surface area contributed by atoms with Crippen molar-refractivity contribution in [1.82, 2.24) is 4.98 Å². The molecule has 0 atom stereocenters. The average Bonchev–Trinajstić information content (AvgIpc) is 2.35. The second kappa shape index (κ2) is 4.80. The number of rotatable bonds is 4. The van der Waals surface area contributed by atoms with Gasteiger partial charge >= 0.3 is 0 Å². The molecule has 2 rings (SSSR count). The Kier molecular flexibility index (Phi) is 3.20. The summed E-state index contributed by atoms with van der Waals surface area (Å²) in [6.45, 7) is -0.0168. The van der Waals surface area contributed by atoms with E-state index in [4.69, 9.17) is 15.6 Å². The van der Waals surface area contributed by atoms with Gasteiger partial charge in [-0.1, -0.05) is 6.07 Å². The SMILES string of the molecule is NC(=O)c1cc2cccnc2cc1OCCO. The predicted octanol–water partition coefficient (Wildman–Crippen LogP) is 0.705. The van der Waals surface area contributed by atoms with Crippen molar-refractivity contribution in [2.24, 2.45) is 5.73 Å². The molecule has 0 aliphatic heterocycles. The number of aliphatic hydroxyl groups excluding tert-OH is 1. The zero-order chi connectivity index (χ0) is 12.3. The molecule has 17 heavy (non-hydrogen) atoms. The average molecular weight is 232 g/mol. The van der Waals surface area contributed by atoms with E-state index >= 15 is 0 Å². The summed E-state index contributed by atoms with van der Waals surface area (Å²) in [4.78, 5) is 15.4. The van der Waals surface area contributed by atoms with Crippen LogP contribution in [0.3, 0.4) is 0 Å². The van der Waals surface area contributed by atoms with Crippen molar-refractivity contribution >= 4 is 16.8 Å². The first-order valence-electron chi connectivity index (χ1n) is 5.14. The third-order valence-electron chi connectivity index (χ3n) is 2.32. The Morgan fingerprint density at radius 2 is 2.29 bits per heavy atom. The summed E-state index contributed by atoms with van der Waals surface area (Å²) in [5.41, 5.74) is 6.28. The lowest BCUT2D eigenvalue weighted by atomic mass is 10.1. The van der Waals surface area contributed by atoms with Gasteiger partial charge in [0.15, 0.2) is 0 Å². The summed E-state index contributed by atoms with van der Waals surface area (Å²) in [5, 5.41) is 9.53. The highest BCUT2D eigenvalue weighted by Gasteiger charge is 2.11. The molecule has 1 heterocycles. The van der Waals surface area contributed by atoms with Gasteiger partial charge in [-0.2, -0.15) is 0 Å². The minimum absolute atomic E-state index is 0.110. The summed E-state index contributed by atoms with van der Waals surface area (Å²) >= 11 is 0. The van der Waals surface area contributed by atoms with E-state index in [9.17, 15) is 4.79 Å². The van der Waals surface area contributed by atoms with Gasteiger partial charge in [-0.05, 0) is 12.1 Å². The molecule has 0 spiro atoms. The molecular weight excluding hydrogens is 220 g/mol. The molecule has 5 heteroatoms. The van der Waals surface area contributed by atoms with E-state index in [1.165, 1.54) is 0 Å². The third-order valence-corrected chi connectivity index (χ3v) is 2.32. The van der Waals surface area contributed by atoms with Crippen molar-refractivity contribution in [2.75, 3.05) is 13.2 Å². The van der Waals surface area contributed by atoms with E-state index in [0.29, 0.717) is 16.8 Å². The van der Waals surface area contributed by atoms with Gasteiger partial charge < -0.3 is 15.6 Å². The van der Waals surface area contributed by atoms with E-state index in [1.54, 1.807) is 24.4 Å². The van der Waals surface area contributed by atoms with Crippen LogP contribution in [0, 0.1) is 0 Å². The number of carbonyl (C=O) groups excluding carboxylic acids is 1. The molecule has 0 unspecified atom stereocenters. The molecular formula is C12H12N2O3. The van der Waals surface area contributed by atoms with Crippen LogP contribution in [0.15, 0.2) is 30.5 Å². The summed E-state index contributed by atoms with van der Waals surface area (Å²) in [6.07, 6.45) is 1.65. The predicted molar refractivity (Wildman–Crippen MR) is 62.8 cm³/mol. The Hall–Kier alpha value is -2.14. The maximum Gasteiger partial charge on any atom is 0.252 e. The van der Waals surface area contributed by atoms with Gasteiger partial charge in [0.2, 0.25) is 0 Å². The van der Waals surface area contributed by atoms with Crippen molar-refractivity contribution in [3.8, 4) is 5.75 Å². The highest BCUT2D eigenvalue weighted by atomic mass is 16.5. The molecule has 0 bridgehead atoms. The number of nitrogens with zero attached hydrogens (tertiary/aromatic N) is 1.